The quantitative estimate of drug-likeness (QED) is 0.0845. The number of phenolic OH excluding ortho intramolecular Hbond substituents is 6. The van der Waals surface area contributed by atoms with E-state index in [1.54, 1.807) is 66.7 Å². The number of hydrogen-bond donors (Lipinski definition) is 6. The minimum atomic E-state index is 0. The third-order valence-corrected chi connectivity index (χ3v) is 9.16. The van der Waals surface area contributed by atoms with Gasteiger partial charge < -0.3 is 30.6 Å². The van der Waals surface area contributed by atoms with Crippen LogP contribution in [0.4, 0.5) is 0 Å². The first-order valence-electron chi connectivity index (χ1n) is 11.6. The zero-order valence-corrected chi connectivity index (χ0v) is 29.1. The molecule has 6 aromatic rings. The van der Waals surface area contributed by atoms with Crippen LogP contribution in [0.15, 0.2) is 101 Å². The first-order chi connectivity index (χ1) is 19.3. The summed E-state index contributed by atoms with van der Waals surface area (Å²) in [4.78, 5) is 0. The number of hydrogen-bond acceptors (Lipinski definition) is 6. The lowest BCUT2D eigenvalue weighted by Gasteiger charge is -2.07. The van der Waals surface area contributed by atoms with Crippen molar-refractivity contribution in [3.05, 3.63) is 101 Å². The van der Waals surface area contributed by atoms with Crippen molar-refractivity contribution < 1.29 is 30.6 Å². The number of benzene rings is 6. The van der Waals surface area contributed by atoms with Crippen LogP contribution in [0.1, 0.15) is 7.43 Å². The van der Waals surface area contributed by atoms with Crippen LogP contribution in [0.3, 0.4) is 0 Å². The van der Waals surface area contributed by atoms with Crippen molar-refractivity contribution in [2.75, 3.05) is 0 Å². The van der Waals surface area contributed by atoms with Crippen molar-refractivity contribution in [1.82, 2.24) is 0 Å². The normalized spacial score (nSPS) is 10.2. The van der Waals surface area contributed by atoms with E-state index in [1.165, 1.54) is 0 Å². The van der Waals surface area contributed by atoms with Gasteiger partial charge in [0.1, 0.15) is 34.5 Å². The van der Waals surface area contributed by atoms with Gasteiger partial charge in [-0.25, -0.2) is 0 Å². The molecular weight excluding hydrogens is 879 g/mol. The van der Waals surface area contributed by atoms with Gasteiger partial charge in [-0.2, -0.15) is 0 Å². The first-order valence-corrected chi connectivity index (χ1v) is 15.5. The van der Waals surface area contributed by atoms with Crippen molar-refractivity contribution in [3.63, 3.8) is 0 Å². The molecule has 0 aliphatic heterocycles. The molecule has 0 amide bonds. The standard InChI is InChI=1S/C10H5Br3O2.C10H6Br2O2.C10H8O2.CH4.B/c11-6-1-4-2-7(12)10(15)9(13)5(4)3-8(6)14;11-7-1-5-2-8(12)10(14)4-6(5)3-9(7)13;11-9-3-1-7-2-4-10(12)6-8(7)5-9;;/h1-3,14-15H;1-4,13-14H;1-6,11-12H;1H4;. The van der Waals surface area contributed by atoms with Crippen molar-refractivity contribution >= 4 is 120 Å². The molecule has 0 aliphatic rings. The maximum Gasteiger partial charge on any atom is 0.144 e. The summed E-state index contributed by atoms with van der Waals surface area (Å²) in [6.07, 6.45) is 0. The maximum absolute atomic E-state index is 9.68. The van der Waals surface area contributed by atoms with Gasteiger partial charge in [0.15, 0.2) is 0 Å². The van der Waals surface area contributed by atoms with E-state index >= 15 is 0 Å². The molecule has 3 radical (unpaired) electrons. The summed E-state index contributed by atoms with van der Waals surface area (Å²) in [5, 5.41) is 61.6. The Kier molecular flexibility index (Phi) is 13.1. The second-order valence-electron chi connectivity index (χ2n) is 8.72. The summed E-state index contributed by atoms with van der Waals surface area (Å²) in [5.41, 5.74) is 0. The Bertz CT molecular complexity index is 1800. The number of fused-ring (bicyclic) bond motifs is 3. The van der Waals surface area contributed by atoms with Gasteiger partial charge in [0, 0.05) is 13.8 Å². The Morgan fingerprint density at radius 2 is 0.767 bits per heavy atom. The third-order valence-electron chi connectivity index (χ3n) is 5.85. The van der Waals surface area contributed by atoms with Crippen molar-refractivity contribution in [2.24, 2.45) is 0 Å². The van der Waals surface area contributed by atoms with E-state index in [2.05, 4.69) is 79.6 Å². The van der Waals surface area contributed by atoms with Gasteiger partial charge in [-0.15, -0.1) is 0 Å². The second kappa shape index (κ2) is 15.4. The third kappa shape index (κ3) is 8.73. The van der Waals surface area contributed by atoms with Crippen LogP contribution in [0.5, 0.6) is 34.5 Å². The molecule has 0 saturated carbocycles. The van der Waals surface area contributed by atoms with Gasteiger partial charge in [0.25, 0.3) is 0 Å². The van der Waals surface area contributed by atoms with Crippen LogP contribution in [0, 0.1) is 0 Å². The molecule has 6 aromatic carbocycles. The number of rotatable bonds is 0. The average Bonchev–Trinajstić information content (AvgIpc) is 2.91. The molecule has 0 saturated heterocycles. The molecule has 6 nitrogen and oxygen atoms in total. The molecule has 6 rings (SSSR count). The first kappa shape index (κ1) is 36.6. The Morgan fingerprint density at radius 3 is 1.26 bits per heavy atom. The van der Waals surface area contributed by atoms with Gasteiger partial charge >= 0.3 is 0 Å². The fourth-order valence-electron chi connectivity index (χ4n) is 3.82. The molecule has 0 aromatic heterocycles. The zero-order valence-electron chi connectivity index (χ0n) is 21.2. The molecular formula is C31H23BBr5O6. The molecule has 0 unspecified atom stereocenters. The molecule has 0 bridgehead atoms. The minimum Gasteiger partial charge on any atom is -0.508 e. The fourth-order valence-corrected chi connectivity index (χ4v) is 6.17. The second-order valence-corrected chi connectivity index (χ2v) is 12.9. The van der Waals surface area contributed by atoms with Crippen LogP contribution >= 0.6 is 79.6 Å². The summed E-state index contributed by atoms with van der Waals surface area (Å²) < 4.78 is 3.08. The van der Waals surface area contributed by atoms with Crippen molar-refractivity contribution in [2.45, 2.75) is 7.43 Å². The fraction of sp³-hybridized carbons (Fsp3) is 0.0323. The largest absolute Gasteiger partial charge is 0.508 e. The SMILES string of the molecule is C.Oc1cc2c(Br)c(O)c(Br)cc2cc1Br.Oc1cc2cc(O)c(Br)cc2cc1Br.Oc1ccc2ccc(O)cc2c1.[B]. The predicted molar refractivity (Wildman–Crippen MR) is 193 cm³/mol. The van der Waals surface area contributed by atoms with Gasteiger partial charge in [-0.1, -0.05) is 19.6 Å². The molecule has 6 N–H and O–H groups in total. The van der Waals surface area contributed by atoms with Crippen LogP contribution in [-0.4, -0.2) is 39.1 Å². The molecule has 12 heteroatoms. The minimum absolute atomic E-state index is 0. The smallest absolute Gasteiger partial charge is 0.144 e. The molecule has 0 atom stereocenters. The predicted octanol–water partition coefficient (Wildman–Crippen LogP) is 10.8. The summed E-state index contributed by atoms with van der Waals surface area (Å²) >= 11 is 16.2. The Morgan fingerprint density at radius 1 is 0.395 bits per heavy atom. The molecule has 0 fully saturated rings. The summed E-state index contributed by atoms with van der Waals surface area (Å²) in [7, 11) is 0. The highest BCUT2D eigenvalue weighted by molar-refractivity contribution is 9.11. The van der Waals surface area contributed by atoms with E-state index in [4.69, 9.17) is 10.2 Å². The van der Waals surface area contributed by atoms with Gasteiger partial charge in [0.05, 0.1) is 22.4 Å². The molecule has 221 valence electrons. The van der Waals surface area contributed by atoms with Crippen LogP contribution in [0.2, 0.25) is 0 Å². The van der Waals surface area contributed by atoms with Crippen molar-refractivity contribution in [1.29, 1.82) is 0 Å². The van der Waals surface area contributed by atoms with E-state index in [1.807, 2.05) is 12.1 Å². The molecule has 0 spiro atoms. The number of aromatic hydroxyl groups is 6. The van der Waals surface area contributed by atoms with Crippen molar-refractivity contribution in [3.8, 4) is 34.5 Å². The van der Waals surface area contributed by atoms with E-state index < -0.39 is 0 Å². The van der Waals surface area contributed by atoms with Gasteiger partial charge in [0.2, 0.25) is 0 Å². The summed E-state index contributed by atoms with van der Waals surface area (Å²) in [5.74, 6) is 1.04. The van der Waals surface area contributed by atoms with E-state index in [0.29, 0.717) is 22.4 Å². The lowest BCUT2D eigenvalue weighted by Crippen LogP contribution is -1.79. The molecule has 43 heavy (non-hydrogen) atoms. The lowest BCUT2D eigenvalue weighted by molar-refractivity contribution is 0.468. The maximum atomic E-state index is 9.68. The summed E-state index contributed by atoms with van der Waals surface area (Å²) in [6, 6.07) is 22.1. The lowest BCUT2D eigenvalue weighted by atomic mass is 10.1. The van der Waals surface area contributed by atoms with Crippen LogP contribution < -0.4 is 0 Å². The highest BCUT2D eigenvalue weighted by Gasteiger charge is 2.11. The molecule has 0 aliphatic carbocycles. The van der Waals surface area contributed by atoms with E-state index in [0.717, 1.165) is 32.3 Å². The number of halogens is 5. The monoisotopic (exact) mass is 897 g/mol. The topological polar surface area (TPSA) is 121 Å². The van der Waals surface area contributed by atoms with E-state index in [-0.39, 0.29) is 50.3 Å². The molecule has 0 heterocycles. The van der Waals surface area contributed by atoms with Crippen LogP contribution in [-0.2, 0) is 0 Å². The number of phenols is 6. The van der Waals surface area contributed by atoms with Gasteiger partial charge in [-0.05, 0) is 173 Å². The summed E-state index contributed by atoms with van der Waals surface area (Å²) in [6.45, 7) is 0. The van der Waals surface area contributed by atoms with Gasteiger partial charge in [-0.3, -0.25) is 0 Å². The van der Waals surface area contributed by atoms with E-state index in [9.17, 15) is 20.4 Å². The average molecular weight is 902 g/mol. The Balaban J connectivity index is 0.000000221. The van der Waals surface area contributed by atoms with Crippen LogP contribution in [0.25, 0.3) is 32.3 Å². The highest BCUT2D eigenvalue weighted by atomic mass is 79.9. The Labute approximate surface area is 291 Å². The highest BCUT2D eigenvalue weighted by Crippen LogP contribution is 2.41. The zero-order chi connectivity index (χ0) is 30.0. The Hall–Kier alpha value is -2.64.